The van der Waals surface area contributed by atoms with E-state index in [2.05, 4.69) is 33.0 Å². The van der Waals surface area contributed by atoms with Crippen molar-refractivity contribution in [3.8, 4) is 11.1 Å². The van der Waals surface area contributed by atoms with Crippen molar-refractivity contribution in [2.45, 2.75) is 59.9 Å². The van der Waals surface area contributed by atoms with Gasteiger partial charge in [0.05, 0.1) is 22.9 Å². The zero-order chi connectivity index (χ0) is 30.4. The standard InChI is InChI=1S/C34H35ClF2N2O3.Na/c1-33(2)16-21(17-34(3,4)19-33)11-29(40)38-30-27-9-8-22(23-12-25(36)15-26(37)13-23)14-28(27)39(31(30)32(41)42)18-20-6-5-7-24(35)10-20;/h5-10,12-15,21H,11,16-19H2,1-4H3,(H,38,40)(H,41,42);/q;+1/p-1. The van der Waals surface area contributed by atoms with E-state index >= 15 is 0 Å². The zero-order valence-corrected chi connectivity index (χ0v) is 27.9. The molecule has 0 aliphatic heterocycles. The molecule has 0 radical (unpaired) electrons. The van der Waals surface area contributed by atoms with E-state index < -0.39 is 17.6 Å². The molecular weight excluding hydrogens is 581 g/mol. The summed E-state index contributed by atoms with van der Waals surface area (Å²) in [5, 5.41) is 16.5. The number of benzene rings is 3. The number of anilines is 1. The Hall–Kier alpha value is -2.71. The van der Waals surface area contributed by atoms with Gasteiger partial charge in [-0.15, -0.1) is 0 Å². The van der Waals surface area contributed by atoms with Crippen LogP contribution in [-0.4, -0.2) is 16.4 Å². The average molecular weight is 615 g/mol. The van der Waals surface area contributed by atoms with Crippen molar-refractivity contribution in [1.29, 1.82) is 0 Å². The SMILES string of the molecule is CC1(C)CC(CC(=O)Nc2c(C(=O)[O-])n(Cc3cccc(Cl)c3)c3cc(-c4cc(F)cc(F)c4)ccc23)CC(C)(C)C1.[Na+]. The summed E-state index contributed by atoms with van der Waals surface area (Å²) in [4.78, 5) is 26.1. The number of nitrogens with zero attached hydrogens (tertiary/aromatic N) is 1. The fourth-order valence-electron chi connectivity index (χ4n) is 7.24. The summed E-state index contributed by atoms with van der Waals surface area (Å²) in [5.74, 6) is -3.02. The molecule has 1 amide bonds. The molecule has 1 aromatic heterocycles. The minimum atomic E-state index is -1.46. The predicted octanol–water partition coefficient (Wildman–Crippen LogP) is 4.84. The zero-order valence-electron chi connectivity index (χ0n) is 25.2. The third-order valence-corrected chi connectivity index (χ3v) is 8.30. The van der Waals surface area contributed by atoms with Crippen LogP contribution >= 0.6 is 11.6 Å². The second kappa shape index (κ2) is 12.7. The number of carboxylic acids is 1. The van der Waals surface area contributed by atoms with Crippen LogP contribution in [0.15, 0.2) is 60.7 Å². The maximum atomic E-state index is 14.0. The number of fused-ring (bicyclic) bond motifs is 1. The van der Waals surface area contributed by atoms with Gasteiger partial charge < -0.3 is 19.8 Å². The molecule has 1 aliphatic carbocycles. The Bertz CT molecular complexity index is 1660. The molecule has 5 nitrogen and oxygen atoms in total. The summed E-state index contributed by atoms with van der Waals surface area (Å²) in [6.07, 6.45) is 3.14. The van der Waals surface area contributed by atoms with E-state index in [0.29, 0.717) is 27.1 Å². The van der Waals surface area contributed by atoms with Crippen molar-refractivity contribution in [3.63, 3.8) is 0 Å². The minimum absolute atomic E-state index is 0. The van der Waals surface area contributed by atoms with Gasteiger partial charge in [0.25, 0.3) is 0 Å². The normalized spacial score (nSPS) is 16.1. The molecule has 1 saturated carbocycles. The summed E-state index contributed by atoms with van der Waals surface area (Å²) in [6.45, 7) is 9.00. The number of carbonyl (C=O) groups excluding carboxylic acids is 2. The fourth-order valence-corrected chi connectivity index (χ4v) is 7.46. The number of aromatic carboxylic acids is 1. The molecule has 1 fully saturated rings. The van der Waals surface area contributed by atoms with Crippen LogP contribution < -0.4 is 40.0 Å². The maximum absolute atomic E-state index is 14.0. The van der Waals surface area contributed by atoms with Gasteiger partial charge in [0.1, 0.15) is 11.6 Å². The number of amides is 1. The van der Waals surface area contributed by atoms with E-state index in [1.807, 2.05) is 6.07 Å². The Morgan fingerprint density at radius 3 is 2.21 bits per heavy atom. The number of halogens is 3. The van der Waals surface area contributed by atoms with Crippen molar-refractivity contribution < 1.29 is 53.0 Å². The number of hydrogen-bond acceptors (Lipinski definition) is 3. The van der Waals surface area contributed by atoms with Gasteiger partial charge in [-0.05, 0) is 83.0 Å². The van der Waals surface area contributed by atoms with Crippen LogP contribution in [0.3, 0.4) is 0 Å². The summed E-state index contributed by atoms with van der Waals surface area (Å²) in [7, 11) is 0. The second-order valence-corrected chi connectivity index (χ2v) is 13.6. The van der Waals surface area contributed by atoms with E-state index in [-0.39, 0.29) is 76.6 Å². The molecule has 1 aliphatic rings. The minimum Gasteiger partial charge on any atom is -0.543 e. The monoisotopic (exact) mass is 614 g/mol. The fraction of sp³-hybridized carbons (Fsp3) is 0.353. The van der Waals surface area contributed by atoms with E-state index in [1.54, 1.807) is 36.4 Å². The molecule has 0 saturated heterocycles. The molecule has 0 atom stereocenters. The first kappa shape index (κ1) is 33.2. The number of carbonyl (C=O) groups is 2. The summed E-state index contributed by atoms with van der Waals surface area (Å²) >= 11 is 6.21. The first-order valence-corrected chi connectivity index (χ1v) is 14.5. The predicted molar refractivity (Wildman–Crippen MR) is 160 cm³/mol. The molecule has 43 heavy (non-hydrogen) atoms. The van der Waals surface area contributed by atoms with Crippen molar-refractivity contribution in [1.82, 2.24) is 4.57 Å². The molecule has 0 bridgehead atoms. The van der Waals surface area contributed by atoms with Gasteiger partial charge in [0.15, 0.2) is 0 Å². The van der Waals surface area contributed by atoms with Gasteiger partial charge in [-0.3, -0.25) is 4.79 Å². The van der Waals surface area contributed by atoms with Gasteiger partial charge in [-0.2, -0.15) is 0 Å². The Kier molecular flexibility index (Phi) is 9.82. The van der Waals surface area contributed by atoms with Crippen LogP contribution in [0.4, 0.5) is 14.5 Å². The van der Waals surface area contributed by atoms with Crippen molar-refractivity contribution in [2.75, 3.05) is 5.32 Å². The van der Waals surface area contributed by atoms with Crippen LogP contribution in [0.1, 0.15) is 69.4 Å². The van der Waals surface area contributed by atoms with E-state index in [0.717, 1.165) is 30.9 Å². The molecule has 9 heteroatoms. The van der Waals surface area contributed by atoms with Gasteiger partial charge in [-0.25, -0.2) is 8.78 Å². The third kappa shape index (κ3) is 7.69. The topological polar surface area (TPSA) is 74.2 Å². The molecule has 0 spiro atoms. The Labute approximate surface area is 277 Å². The molecule has 4 aromatic rings. The second-order valence-electron chi connectivity index (χ2n) is 13.1. The number of carboxylic acid groups (broad SMARTS) is 1. The van der Waals surface area contributed by atoms with Gasteiger partial charge in [0, 0.05) is 29.4 Å². The molecular formula is C34H34ClF2N2NaO3. The summed E-state index contributed by atoms with van der Waals surface area (Å²) < 4.78 is 29.6. The number of rotatable bonds is 7. The number of nitrogens with one attached hydrogen (secondary N) is 1. The van der Waals surface area contributed by atoms with Crippen molar-refractivity contribution >= 4 is 40.1 Å². The quantitative estimate of drug-likeness (QED) is 0.303. The van der Waals surface area contributed by atoms with Gasteiger partial charge in [-0.1, -0.05) is 63.6 Å². The van der Waals surface area contributed by atoms with Crippen LogP contribution in [0.5, 0.6) is 0 Å². The Morgan fingerprint density at radius 1 is 0.953 bits per heavy atom. The molecule has 3 aromatic carbocycles. The molecule has 220 valence electrons. The molecule has 1 N–H and O–H groups in total. The molecule has 0 unspecified atom stereocenters. The summed E-state index contributed by atoms with van der Waals surface area (Å²) in [5.41, 5.74) is 2.13. The van der Waals surface area contributed by atoms with Crippen LogP contribution in [-0.2, 0) is 11.3 Å². The first-order chi connectivity index (χ1) is 19.7. The van der Waals surface area contributed by atoms with E-state index in [4.69, 9.17) is 11.6 Å². The van der Waals surface area contributed by atoms with E-state index in [9.17, 15) is 23.5 Å². The van der Waals surface area contributed by atoms with Crippen LogP contribution in [0.2, 0.25) is 5.02 Å². The smallest absolute Gasteiger partial charge is 0.543 e. The number of aromatic nitrogens is 1. The maximum Gasteiger partial charge on any atom is 1.00 e. The van der Waals surface area contributed by atoms with Gasteiger partial charge in [0.2, 0.25) is 5.91 Å². The molecule has 1 heterocycles. The Balaban J connectivity index is 0.00000423. The Morgan fingerprint density at radius 2 is 1.60 bits per heavy atom. The summed E-state index contributed by atoms with van der Waals surface area (Å²) in [6, 6.07) is 15.2. The van der Waals surface area contributed by atoms with Gasteiger partial charge >= 0.3 is 29.6 Å². The van der Waals surface area contributed by atoms with Crippen molar-refractivity contribution in [2.24, 2.45) is 16.7 Å². The van der Waals surface area contributed by atoms with Crippen LogP contribution in [0.25, 0.3) is 22.0 Å². The van der Waals surface area contributed by atoms with Crippen LogP contribution in [0, 0.1) is 28.4 Å². The largest absolute Gasteiger partial charge is 1.00 e. The molecule has 5 rings (SSSR count). The van der Waals surface area contributed by atoms with Crippen molar-refractivity contribution in [3.05, 3.63) is 88.6 Å². The number of hydrogen-bond donors (Lipinski definition) is 1. The third-order valence-electron chi connectivity index (χ3n) is 8.06. The first-order valence-electron chi connectivity index (χ1n) is 14.1. The average Bonchev–Trinajstić information content (AvgIpc) is 3.13. The van der Waals surface area contributed by atoms with E-state index in [1.165, 1.54) is 16.7 Å².